The molecule has 3 aliphatic carbocycles. The van der Waals surface area contributed by atoms with Gasteiger partial charge in [0, 0.05) is 29.8 Å². The fraction of sp³-hybridized carbons (Fsp3) is 0.481. The van der Waals surface area contributed by atoms with Crippen molar-refractivity contribution < 1.29 is 33.0 Å². The summed E-state index contributed by atoms with van der Waals surface area (Å²) in [5.74, 6) is -1.46. The number of amides is 2. The summed E-state index contributed by atoms with van der Waals surface area (Å²) < 4.78 is 38.2. The third-order valence-corrected chi connectivity index (χ3v) is 8.16. The van der Waals surface area contributed by atoms with Crippen molar-refractivity contribution in [3.05, 3.63) is 58.1 Å². The summed E-state index contributed by atoms with van der Waals surface area (Å²) in [6, 6.07) is 7.97. The molecule has 0 radical (unpaired) electrons. The number of rotatable bonds is 11. The van der Waals surface area contributed by atoms with Crippen molar-refractivity contribution in [3.8, 4) is 11.5 Å². The van der Waals surface area contributed by atoms with E-state index in [0.717, 1.165) is 12.1 Å². The Morgan fingerprint density at radius 2 is 1.42 bits per heavy atom. The normalized spacial score (nSPS) is 24.1. The summed E-state index contributed by atoms with van der Waals surface area (Å²) in [7, 11) is 0. The number of hydrogen-bond donors (Lipinski definition) is 3. The lowest BCUT2D eigenvalue weighted by Gasteiger charge is -2.58. The molecule has 0 heterocycles. The molecule has 2 aromatic rings. The number of ether oxygens (including phenoxy) is 2. The standard InChI is InChI=1S/C27H30Cl2F2N2O5/c28-20-5-3-18(12-22(20)30)37-15-24(35)32-26-7-9-27(10-8-26,17(14-26)2-1-11-34)33-25(36)16-38-19-4-6-21(29)23(31)13-19/h3-6,12-13,17,34H,1-2,7-11,14-16H2,(H,32,35)(H,33,36). The summed E-state index contributed by atoms with van der Waals surface area (Å²) in [6.45, 7) is -0.523. The number of hydrogen-bond acceptors (Lipinski definition) is 5. The monoisotopic (exact) mass is 570 g/mol. The first kappa shape index (κ1) is 28.4. The van der Waals surface area contributed by atoms with Gasteiger partial charge in [0.25, 0.3) is 11.8 Å². The zero-order chi connectivity index (χ0) is 27.3. The smallest absolute Gasteiger partial charge is 0.258 e. The average Bonchev–Trinajstić information content (AvgIpc) is 2.89. The molecule has 0 aromatic heterocycles. The van der Waals surface area contributed by atoms with Crippen LogP contribution in [-0.2, 0) is 9.59 Å². The molecular formula is C27H30Cl2F2N2O5. The van der Waals surface area contributed by atoms with Gasteiger partial charge in [0.15, 0.2) is 13.2 Å². The Balaban J connectivity index is 1.35. The molecule has 0 spiro atoms. The molecule has 1 atom stereocenters. The number of aliphatic hydroxyl groups is 1. The lowest BCUT2D eigenvalue weighted by molar-refractivity contribution is -0.133. The van der Waals surface area contributed by atoms with Gasteiger partial charge in [-0.25, -0.2) is 8.78 Å². The van der Waals surface area contributed by atoms with E-state index in [1.54, 1.807) is 0 Å². The van der Waals surface area contributed by atoms with E-state index in [0.29, 0.717) is 44.9 Å². The van der Waals surface area contributed by atoms with Gasteiger partial charge in [-0.2, -0.15) is 0 Å². The third-order valence-electron chi connectivity index (χ3n) is 7.54. The number of carbonyl (C=O) groups is 2. The Bertz CT molecular complexity index is 1170. The summed E-state index contributed by atoms with van der Waals surface area (Å²) in [4.78, 5) is 25.6. The fourth-order valence-corrected chi connectivity index (χ4v) is 5.88. The lowest BCUT2D eigenvalue weighted by atomic mass is 9.55. The Morgan fingerprint density at radius 3 is 1.92 bits per heavy atom. The SMILES string of the molecule is O=C(COc1ccc(Cl)c(F)c1)NC12CCC(NC(=O)COc3ccc(Cl)c(F)c3)(CC1)C(CCCO)C2. The van der Waals surface area contributed by atoms with Crippen molar-refractivity contribution in [1.29, 1.82) is 0 Å². The fourth-order valence-electron chi connectivity index (χ4n) is 5.65. The van der Waals surface area contributed by atoms with E-state index in [-0.39, 0.29) is 59.1 Å². The number of carbonyl (C=O) groups excluding carboxylic acids is 2. The van der Waals surface area contributed by atoms with Crippen LogP contribution in [0.3, 0.4) is 0 Å². The molecule has 2 aromatic carbocycles. The molecule has 2 amide bonds. The van der Waals surface area contributed by atoms with Crippen LogP contribution in [0, 0.1) is 17.6 Å². The second-order valence-corrected chi connectivity index (χ2v) is 10.8. The first-order valence-corrected chi connectivity index (χ1v) is 13.3. The van der Waals surface area contributed by atoms with E-state index in [1.165, 1.54) is 24.3 Å². The molecule has 3 aliphatic rings. The van der Waals surface area contributed by atoms with E-state index in [9.17, 15) is 23.5 Å². The minimum atomic E-state index is -0.629. The van der Waals surface area contributed by atoms with Crippen molar-refractivity contribution >= 4 is 35.0 Å². The molecule has 38 heavy (non-hydrogen) atoms. The molecule has 7 nitrogen and oxygen atoms in total. The van der Waals surface area contributed by atoms with Crippen LogP contribution in [0.2, 0.25) is 10.0 Å². The van der Waals surface area contributed by atoms with E-state index < -0.39 is 22.7 Å². The summed E-state index contributed by atoms with van der Waals surface area (Å²) in [6.07, 6.45) is 4.50. The third kappa shape index (κ3) is 6.68. The van der Waals surface area contributed by atoms with Gasteiger partial charge in [0.05, 0.1) is 10.0 Å². The maximum Gasteiger partial charge on any atom is 0.258 e. The predicted molar refractivity (Wildman–Crippen MR) is 138 cm³/mol. The van der Waals surface area contributed by atoms with Crippen LogP contribution in [0.1, 0.15) is 44.9 Å². The molecule has 3 N–H and O–H groups in total. The van der Waals surface area contributed by atoms with Crippen molar-refractivity contribution in [2.75, 3.05) is 19.8 Å². The molecule has 3 saturated carbocycles. The minimum Gasteiger partial charge on any atom is -0.484 e. The van der Waals surface area contributed by atoms with E-state index in [1.807, 2.05) is 0 Å². The maximum atomic E-state index is 13.7. The van der Waals surface area contributed by atoms with Gasteiger partial charge in [-0.15, -0.1) is 0 Å². The van der Waals surface area contributed by atoms with Gasteiger partial charge in [-0.3, -0.25) is 9.59 Å². The molecule has 5 rings (SSSR count). The van der Waals surface area contributed by atoms with Gasteiger partial charge in [0.1, 0.15) is 23.1 Å². The molecular weight excluding hydrogens is 541 g/mol. The maximum absolute atomic E-state index is 13.7. The zero-order valence-corrected chi connectivity index (χ0v) is 22.2. The second-order valence-electron chi connectivity index (χ2n) is 10.0. The van der Waals surface area contributed by atoms with Crippen LogP contribution in [-0.4, -0.2) is 47.8 Å². The van der Waals surface area contributed by atoms with Crippen LogP contribution in [0.15, 0.2) is 36.4 Å². The zero-order valence-electron chi connectivity index (χ0n) is 20.7. The quantitative estimate of drug-likeness (QED) is 0.360. The van der Waals surface area contributed by atoms with Crippen molar-refractivity contribution in [2.24, 2.45) is 5.92 Å². The highest BCUT2D eigenvalue weighted by Gasteiger charge is 2.55. The summed E-state index contributed by atoms with van der Waals surface area (Å²) >= 11 is 11.4. The molecule has 206 valence electrons. The van der Waals surface area contributed by atoms with Crippen LogP contribution < -0.4 is 20.1 Å². The number of fused-ring (bicyclic) bond motifs is 3. The van der Waals surface area contributed by atoms with Crippen LogP contribution >= 0.6 is 23.2 Å². The predicted octanol–water partition coefficient (Wildman–Crippen LogP) is 4.81. The number of nitrogens with one attached hydrogen (secondary N) is 2. The Morgan fingerprint density at radius 1 is 0.895 bits per heavy atom. The topological polar surface area (TPSA) is 96.9 Å². The van der Waals surface area contributed by atoms with Gasteiger partial charge in [-0.1, -0.05) is 23.2 Å². The molecule has 1 unspecified atom stereocenters. The first-order chi connectivity index (χ1) is 18.1. The molecule has 2 bridgehead atoms. The van der Waals surface area contributed by atoms with Crippen molar-refractivity contribution in [3.63, 3.8) is 0 Å². The molecule has 3 fully saturated rings. The number of aliphatic hydroxyl groups excluding tert-OH is 1. The molecule has 0 saturated heterocycles. The second kappa shape index (κ2) is 12.1. The highest BCUT2D eigenvalue weighted by atomic mass is 35.5. The van der Waals surface area contributed by atoms with E-state index in [2.05, 4.69) is 10.6 Å². The highest BCUT2D eigenvalue weighted by Crippen LogP contribution is 2.51. The van der Waals surface area contributed by atoms with Gasteiger partial charge in [0.2, 0.25) is 0 Å². The van der Waals surface area contributed by atoms with E-state index in [4.69, 9.17) is 32.7 Å². The van der Waals surface area contributed by atoms with Crippen LogP contribution in [0.25, 0.3) is 0 Å². The van der Waals surface area contributed by atoms with Crippen LogP contribution in [0.5, 0.6) is 11.5 Å². The summed E-state index contributed by atoms with van der Waals surface area (Å²) in [5.41, 5.74) is -0.930. The number of halogens is 4. The van der Waals surface area contributed by atoms with Crippen molar-refractivity contribution in [2.45, 2.75) is 56.0 Å². The van der Waals surface area contributed by atoms with Crippen LogP contribution in [0.4, 0.5) is 8.78 Å². The Labute approximate surface area is 229 Å². The largest absolute Gasteiger partial charge is 0.484 e. The highest BCUT2D eigenvalue weighted by molar-refractivity contribution is 6.31. The number of benzene rings is 2. The van der Waals surface area contributed by atoms with Gasteiger partial charge < -0.3 is 25.2 Å². The molecule has 0 aliphatic heterocycles. The van der Waals surface area contributed by atoms with Crippen molar-refractivity contribution in [1.82, 2.24) is 10.6 Å². The summed E-state index contributed by atoms with van der Waals surface area (Å²) in [5, 5.41) is 15.7. The molecule has 11 heteroatoms. The minimum absolute atomic E-state index is 0.0244. The van der Waals surface area contributed by atoms with Gasteiger partial charge in [-0.05, 0) is 75.1 Å². The average molecular weight is 571 g/mol. The van der Waals surface area contributed by atoms with E-state index >= 15 is 0 Å². The lowest BCUT2D eigenvalue weighted by Crippen LogP contribution is -2.68. The van der Waals surface area contributed by atoms with Gasteiger partial charge >= 0.3 is 0 Å². The Hall–Kier alpha value is -2.62. The Kier molecular flexibility index (Phi) is 9.00. The first-order valence-electron chi connectivity index (χ1n) is 12.5.